The topological polar surface area (TPSA) is 50.2 Å². The molecule has 0 amide bonds. The summed E-state index contributed by atoms with van der Waals surface area (Å²) in [6.45, 7) is 3.92. The number of aryl methyl sites for hydroxylation is 1. The van der Waals surface area contributed by atoms with Crippen molar-refractivity contribution in [3.63, 3.8) is 0 Å². The Labute approximate surface area is 169 Å². The Balaban J connectivity index is 1.84. The van der Waals surface area contributed by atoms with Gasteiger partial charge in [0.1, 0.15) is 0 Å². The maximum atomic E-state index is 4.57. The minimum absolute atomic E-state index is 0.676. The summed E-state index contributed by atoms with van der Waals surface area (Å²) in [7, 11) is 0. The third-order valence-corrected chi connectivity index (χ3v) is 4.80. The fourth-order valence-electron chi connectivity index (χ4n) is 2.25. The van der Waals surface area contributed by atoms with Crippen molar-refractivity contribution < 1.29 is 0 Å². The van der Waals surface area contributed by atoms with Crippen LogP contribution in [0.3, 0.4) is 0 Å². The summed E-state index contributed by atoms with van der Waals surface area (Å²) in [4.78, 5) is 9.08. The van der Waals surface area contributed by atoms with Gasteiger partial charge < -0.3 is 0 Å². The minimum Gasteiger partial charge on any atom is -0.261 e. The van der Waals surface area contributed by atoms with Gasteiger partial charge in [-0.1, -0.05) is 40.2 Å². The molecule has 0 fully saturated rings. The van der Waals surface area contributed by atoms with Gasteiger partial charge in [-0.25, -0.2) is 9.97 Å². The van der Waals surface area contributed by atoms with E-state index in [1.807, 2.05) is 44.2 Å². The standard InChI is InChI=1S/C19H16BrIN4/c1-12-11-18(23-19(22-12)15-3-7-16(20)8-4-15)25-24-13(2)14-5-9-17(21)10-6-14/h3-11H,1-2H3,(H,22,23,25)/b24-13+. The van der Waals surface area contributed by atoms with E-state index in [0.717, 1.165) is 27.0 Å². The predicted molar refractivity (Wildman–Crippen MR) is 115 cm³/mol. The van der Waals surface area contributed by atoms with Gasteiger partial charge in [-0.3, -0.25) is 5.43 Å². The molecule has 0 saturated heterocycles. The van der Waals surface area contributed by atoms with Crippen molar-refractivity contribution in [2.45, 2.75) is 13.8 Å². The molecule has 1 aromatic heterocycles. The van der Waals surface area contributed by atoms with Gasteiger partial charge in [-0.05, 0) is 66.3 Å². The second-order valence-electron chi connectivity index (χ2n) is 5.54. The van der Waals surface area contributed by atoms with Crippen molar-refractivity contribution in [3.05, 3.63) is 73.9 Å². The zero-order chi connectivity index (χ0) is 17.8. The minimum atomic E-state index is 0.676. The molecule has 1 N–H and O–H groups in total. The summed E-state index contributed by atoms with van der Waals surface area (Å²) >= 11 is 5.73. The van der Waals surface area contributed by atoms with Gasteiger partial charge in [0.15, 0.2) is 11.6 Å². The average molecular weight is 507 g/mol. The van der Waals surface area contributed by atoms with Crippen molar-refractivity contribution in [2.24, 2.45) is 5.10 Å². The zero-order valence-corrected chi connectivity index (χ0v) is 17.5. The van der Waals surface area contributed by atoms with Crippen LogP contribution in [0, 0.1) is 10.5 Å². The fourth-order valence-corrected chi connectivity index (χ4v) is 2.87. The number of rotatable bonds is 4. The van der Waals surface area contributed by atoms with Gasteiger partial charge >= 0.3 is 0 Å². The van der Waals surface area contributed by atoms with E-state index in [-0.39, 0.29) is 0 Å². The smallest absolute Gasteiger partial charge is 0.161 e. The SMILES string of the molecule is C/C(=N\Nc1cc(C)nc(-c2ccc(Br)cc2)n1)c1ccc(I)cc1. The zero-order valence-electron chi connectivity index (χ0n) is 13.8. The van der Waals surface area contributed by atoms with E-state index in [4.69, 9.17) is 0 Å². The molecule has 25 heavy (non-hydrogen) atoms. The highest BCUT2D eigenvalue weighted by Gasteiger charge is 2.05. The third-order valence-electron chi connectivity index (χ3n) is 3.56. The Hall–Kier alpha value is -1.80. The van der Waals surface area contributed by atoms with Crippen LogP contribution in [0.1, 0.15) is 18.2 Å². The van der Waals surface area contributed by atoms with Crippen LogP contribution in [0.25, 0.3) is 11.4 Å². The molecule has 0 bridgehead atoms. The number of anilines is 1. The molecular formula is C19H16BrIN4. The van der Waals surface area contributed by atoms with Crippen LogP contribution in [-0.4, -0.2) is 15.7 Å². The fraction of sp³-hybridized carbons (Fsp3) is 0.105. The largest absolute Gasteiger partial charge is 0.261 e. The van der Waals surface area contributed by atoms with Crippen molar-refractivity contribution in [3.8, 4) is 11.4 Å². The molecule has 0 aliphatic heterocycles. The van der Waals surface area contributed by atoms with Crippen LogP contribution in [0.4, 0.5) is 5.82 Å². The van der Waals surface area contributed by atoms with E-state index >= 15 is 0 Å². The highest BCUT2D eigenvalue weighted by atomic mass is 127. The molecule has 0 unspecified atom stereocenters. The lowest BCUT2D eigenvalue weighted by atomic mass is 10.1. The Morgan fingerprint density at radius 1 is 1.04 bits per heavy atom. The molecule has 0 spiro atoms. The first-order valence-corrected chi connectivity index (χ1v) is 9.56. The third kappa shape index (κ3) is 4.85. The molecule has 1 heterocycles. The van der Waals surface area contributed by atoms with E-state index in [1.165, 1.54) is 3.57 Å². The van der Waals surface area contributed by atoms with E-state index < -0.39 is 0 Å². The molecule has 0 aliphatic rings. The number of hydrogen-bond acceptors (Lipinski definition) is 4. The molecule has 0 atom stereocenters. The molecule has 4 nitrogen and oxygen atoms in total. The lowest BCUT2D eigenvalue weighted by Gasteiger charge is -2.07. The first-order chi connectivity index (χ1) is 12.0. The van der Waals surface area contributed by atoms with Gasteiger partial charge in [-0.15, -0.1) is 0 Å². The van der Waals surface area contributed by atoms with E-state index in [9.17, 15) is 0 Å². The van der Waals surface area contributed by atoms with Crippen LogP contribution in [0.5, 0.6) is 0 Å². The van der Waals surface area contributed by atoms with Crippen molar-refractivity contribution >= 4 is 50.1 Å². The quantitative estimate of drug-likeness (QED) is 0.282. The summed E-state index contributed by atoms with van der Waals surface area (Å²) in [6.07, 6.45) is 0. The summed E-state index contributed by atoms with van der Waals surface area (Å²) in [5, 5.41) is 4.45. The lowest BCUT2D eigenvalue weighted by Crippen LogP contribution is -2.03. The molecule has 0 radical (unpaired) electrons. The molecule has 0 saturated carbocycles. The highest BCUT2D eigenvalue weighted by molar-refractivity contribution is 14.1. The van der Waals surface area contributed by atoms with Gasteiger partial charge in [0.05, 0.1) is 5.71 Å². The summed E-state index contributed by atoms with van der Waals surface area (Å²) in [6, 6.07) is 18.1. The summed E-state index contributed by atoms with van der Waals surface area (Å²) in [5.74, 6) is 1.35. The molecule has 3 rings (SSSR count). The van der Waals surface area contributed by atoms with Gasteiger partial charge in [0, 0.05) is 25.4 Å². The Morgan fingerprint density at radius 2 is 1.72 bits per heavy atom. The molecular weight excluding hydrogens is 491 g/mol. The Morgan fingerprint density at radius 3 is 2.40 bits per heavy atom. The summed E-state index contributed by atoms with van der Waals surface area (Å²) < 4.78 is 2.23. The van der Waals surface area contributed by atoms with Gasteiger partial charge in [0.25, 0.3) is 0 Å². The Bertz CT molecular complexity index is 906. The van der Waals surface area contributed by atoms with Gasteiger partial charge in [0.2, 0.25) is 0 Å². The monoisotopic (exact) mass is 506 g/mol. The predicted octanol–water partition coefficient (Wildman–Crippen LogP) is 5.66. The van der Waals surface area contributed by atoms with Crippen LogP contribution >= 0.6 is 38.5 Å². The summed E-state index contributed by atoms with van der Waals surface area (Å²) in [5.41, 5.74) is 6.87. The van der Waals surface area contributed by atoms with Crippen LogP contribution in [0.15, 0.2) is 64.2 Å². The molecule has 3 aromatic rings. The van der Waals surface area contributed by atoms with E-state index in [1.54, 1.807) is 0 Å². The molecule has 2 aromatic carbocycles. The number of nitrogens with one attached hydrogen (secondary N) is 1. The number of hydrogen-bond donors (Lipinski definition) is 1. The first-order valence-electron chi connectivity index (χ1n) is 7.69. The number of hydrazone groups is 1. The maximum absolute atomic E-state index is 4.57. The second-order valence-corrected chi connectivity index (χ2v) is 7.70. The second kappa shape index (κ2) is 8.05. The van der Waals surface area contributed by atoms with Crippen molar-refractivity contribution in [2.75, 3.05) is 5.43 Å². The average Bonchev–Trinajstić information content (AvgIpc) is 2.60. The van der Waals surface area contributed by atoms with E-state index in [2.05, 4.69) is 83.3 Å². The van der Waals surface area contributed by atoms with Crippen LogP contribution in [0.2, 0.25) is 0 Å². The normalized spacial score (nSPS) is 11.4. The van der Waals surface area contributed by atoms with Crippen molar-refractivity contribution in [1.82, 2.24) is 9.97 Å². The van der Waals surface area contributed by atoms with Crippen LogP contribution in [-0.2, 0) is 0 Å². The number of benzene rings is 2. The molecule has 0 aliphatic carbocycles. The maximum Gasteiger partial charge on any atom is 0.161 e. The first kappa shape index (κ1) is 18.0. The molecule has 6 heteroatoms. The lowest BCUT2D eigenvalue weighted by molar-refractivity contribution is 1.09. The Kier molecular flexibility index (Phi) is 5.80. The highest BCUT2D eigenvalue weighted by Crippen LogP contribution is 2.20. The molecule has 126 valence electrons. The van der Waals surface area contributed by atoms with Crippen molar-refractivity contribution in [1.29, 1.82) is 0 Å². The number of aromatic nitrogens is 2. The number of nitrogens with zero attached hydrogens (tertiary/aromatic N) is 3. The van der Waals surface area contributed by atoms with E-state index in [0.29, 0.717) is 11.6 Å². The van der Waals surface area contributed by atoms with Gasteiger partial charge in [-0.2, -0.15) is 5.10 Å². The van der Waals surface area contributed by atoms with Crippen LogP contribution < -0.4 is 5.43 Å². The number of halogens is 2.